The summed E-state index contributed by atoms with van der Waals surface area (Å²) in [5, 5.41) is 18.5. The van der Waals surface area contributed by atoms with Crippen molar-refractivity contribution < 1.29 is 14.6 Å². The van der Waals surface area contributed by atoms with Gasteiger partial charge in [-0.1, -0.05) is 42.5 Å². The molecule has 1 heterocycles. The molecule has 0 aliphatic heterocycles. The SMILES string of the molecule is CC(O)CCC/C=C/c1ccc(-c2ncc(-c3ccc(O)c(F)c3)cn2)cc1. The van der Waals surface area contributed by atoms with Gasteiger partial charge in [-0.2, -0.15) is 0 Å². The van der Waals surface area contributed by atoms with E-state index in [-0.39, 0.29) is 11.9 Å². The number of hydrogen-bond donors (Lipinski definition) is 2. The van der Waals surface area contributed by atoms with E-state index in [1.807, 2.05) is 24.3 Å². The molecule has 0 amide bonds. The second-order valence-electron chi connectivity index (χ2n) is 6.77. The Morgan fingerprint density at radius 1 is 1.00 bits per heavy atom. The molecule has 3 aromatic rings. The molecule has 2 aromatic carbocycles. The summed E-state index contributed by atoms with van der Waals surface area (Å²) < 4.78 is 13.5. The number of aromatic hydroxyl groups is 1. The molecule has 0 saturated carbocycles. The van der Waals surface area contributed by atoms with E-state index in [1.165, 1.54) is 12.1 Å². The van der Waals surface area contributed by atoms with Gasteiger partial charge >= 0.3 is 0 Å². The highest BCUT2D eigenvalue weighted by Gasteiger charge is 2.06. The summed E-state index contributed by atoms with van der Waals surface area (Å²) in [6.45, 7) is 1.81. The predicted molar refractivity (Wildman–Crippen MR) is 109 cm³/mol. The van der Waals surface area contributed by atoms with Gasteiger partial charge < -0.3 is 10.2 Å². The predicted octanol–water partition coefficient (Wildman–Crippen LogP) is 5.22. The number of nitrogens with zero attached hydrogens (tertiary/aromatic N) is 2. The minimum Gasteiger partial charge on any atom is -0.505 e. The second-order valence-corrected chi connectivity index (χ2v) is 6.77. The molecule has 2 N–H and O–H groups in total. The van der Waals surface area contributed by atoms with E-state index in [2.05, 4.69) is 22.1 Å². The molecule has 0 spiro atoms. The van der Waals surface area contributed by atoms with Gasteiger partial charge in [0.1, 0.15) is 0 Å². The van der Waals surface area contributed by atoms with E-state index >= 15 is 0 Å². The zero-order chi connectivity index (χ0) is 19.9. The standard InChI is InChI=1S/C23H23FN2O2/c1-16(27)5-3-2-4-6-17-7-9-18(10-8-17)23-25-14-20(15-26-23)19-11-12-22(28)21(24)13-19/h4,6-16,27-28H,2-3,5H2,1H3/b6-4+. The van der Waals surface area contributed by atoms with Crippen LogP contribution in [0.3, 0.4) is 0 Å². The molecule has 0 aliphatic carbocycles. The largest absolute Gasteiger partial charge is 0.505 e. The van der Waals surface area contributed by atoms with Gasteiger partial charge in [-0.25, -0.2) is 14.4 Å². The summed E-state index contributed by atoms with van der Waals surface area (Å²) in [7, 11) is 0. The third kappa shape index (κ3) is 5.24. The van der Waals surface area contributed by atoms with Crippen molar-refractivity contribution >= 4 is 6.08 Å². The molecule has 3 rings (SSSR count). The molecule has 144 valence electrons. The van der Waals surface area contributed by atoms with Crippen molar-refractivity contribution in [2.45, 2.75) is 32.3 Å². The number of hydrogen-bond acceptors (Lipinski definition) is 4. The lowest BCUT2D eigenvalue weighted by molar-refractivity contribution is 0.182. The van der Waals surface area contributed by atoms with E-state index in [1.54, 1.807) is 25.4 Å². The Kier molecular flexibility index (Phi) is 6.50. The van der Waals surface area contributed by atoms with Crippen LogP contribution in [0.4, 0.5) is 4.39 Å². The number of halogens is 1. The van der Waals surface area contributed by atoms with Crippen LogP contribution in [0.25, 0.3) is 28.6 Å². The number of unbranched alkanes of at least 4 members (excludes halogenated alkanes) is 1. The third-order valence-electron chi connectivity index (χ3n) is 4.40. The van der Waals surface area contributed by atoms with Gasteiger partial charge in [-0.3, -0.25) is 0 Å². The summed E-state index contributed by atoms with van der Waals surface area (Å²) in [6.07, 6.45) is 9.94. The first-order valence-electron chi connectivity index (χ1n) is 9.29. The molecule has 1 atom stereocenters. The molecule has 4 nitrogen and oxygen atoms in total. The third-order valence-corrected chi connectivity index (χ3v) is 4.40. The number of aliphatic hydroxyl groups excluding tert-OH is 1. The highest BCUT2D eigenvalue weighted by atomic mass is 19.1. The summed E-state index contributed by atoms with van der Waals surface area (Å²) in [4.78, 5) is 8.74. The van der Waals surface area contributed by atoms with Crippen LogP contribution < -0.4 is 0 Å². The first kappa shape index (κ1) is 19.7. The van der Waals surface area contributed by atoms with Crippen LogP contribution in [0.2, 0.25) is 0 Å². The number of allylic oxidation sites excluding steroid dienone is 1. The van der Waals surface area contributed by atoms with Crippen molar-refractivity contribution in [1.82, 2.24) is 9.97 Å². The fourth-order valence-electron chi connectivity index (χ4n) is 2.81. The van der Waals surface area contributed by atoms with Crippen LogP contribution in [-0.4, -0.2) is 26.3 Å². The Labute approximate surface area is 164 Å². The van der Waals surface area contributed by atoms with Crippen LogP contribution in [0.15, 0.2) is 60.9 Å². The van der Waals surface area contributed by atoms with E-state index in [0.717, 1.165) is 30.4 Å². The smallest absolute Gasteiger partial charge is 0.165 e. The maximum atomic E-state index is 13.5. The molecule has 5 heteroatoms. The fraction of sp³-hybridized carbons (Fsp3) is 0.217. The maximum Gasteiger partial charge on any atom is 0.165 e. The number of aromatic nitrogens is 2. The van der Waals surface area contributed by atoms with Crippen LogP contribution in [0.5, 0.6) is 5.75 Å². The number of benzene rings is 2. The maximum absolute atomic E-state index is 13.5. The van der Waals surface area contributed by atoms with E-state index < -0.39 is 5.82 Å². The Balaban J connectivity index is 1.65. The monoisotopic (exact) mass is 378 g/mol. The zero-order valence-electron chi connectivity index (χ0n) is 15.7. The summed E-state index contributed by atoms with van der Waals surface area (Å²) in [6, 6.07) is 12.1. The van der Waals surface area contributed by atoms with E-state index in [0.29, 0.717) is 17.0 Å². The summed E-state index contributed by atoms with van der Waals surface area (Å²) in [5.74, 6) is -0.454. The van der Waals surface area contributed by atoms with Crippen molar-refractivity contribution in [2.75, 3.05) is 0 Å². The lowest BCUT2D eigenvalue weighted by Crippen LogP contribution is -1.97. The van der Waals surface area contributed by atoms with Crippen LogP contribution in [0, 0.1) is 5.82 Å². The highest BCUT2D eigenvalue weighted by molar-refractivity contribution is 5.65. The minimum absolute atomic E-state index is 0.243. The van der Waals surface area contributed by atoms with Gasteiger partial charge in [-0.15, -0.1) is 0 Å². The Hall–Kier alpha value is -3.05. The zero-order valence-corrected chi connectivity index (χ0v) is 15.7. The van der Waals surface area contributed by atoms with Gasteiger partial charge in [0.25, 0.3) is 0 Å². The Bertz CT molecular complexity index is 936. The topological polar surface area (TPSA) is 66.2 Å². The number of phenols is 1. The molecule has 0 fully saturated rings. The molecule has 28 heavy (non-hydrogen) atoms. The average molecular weight is 378 g/mol. The number of aliphatic hydroxyl groups is 1. The van der Waals surface area contributed by atoms with E-state index in [4.69, 9.17) is 0 Å². The number of rotatable bonds is 7. The lowest BCUT2D eigenvalue weighted by atomic mass is 10.1. The summed E-state index contributed by atoms with van der Waals surface area (Å²) in [5.41, 5.74) is 3.28. The molecule has 1 unspecified atom stereocenters. The van der Waals surface area contributed by atoms with E-state index in [9.17, 15) is 14.6 Å². The van der Waals surface area contributed by atoms with Gasteiger partial charge in [0.05, 0.1) is 6.10 Å². The van der Waals surface area contributed by atoms with Gasteiger partial charge in [0.15, 0.2) is 17.4 Å². The quantitative estimate of drug-likeness (QED) is 0.553. The first-order chi connectivity index (χ1) is 13.5. The van der Waals surface area contributed by atoms with Crippen LogP contribution >= 0.6 is 0 Å². The Morgan fingerprint density at radius 3 is 2.32 bits per heavy atom. The van der Waals surface area contributed by atoms with Crippen LogP contribution in [-0.2, 0) is 0 Å². The molecule has 0 saturated heterocycles. The minimum atomic E-state index is -0.670. The normalized spacial score (nSPS) is 12.4. The highest BCUT2D eigenvalue weighted by Crippen LogP contribution is 2.25. The second kappa shape index (κ2) is 9.24. The van der Waals surface area contributed by atoms with Crippen molar-refractivity contribution in [3.05, 3.63) is 72.3 Å². The average Bonchev–Trinajstić information content (AvgIpc) is 2.70. The molecule has 0 aliphatic rings. The molecular weight excluding hydrogens is 355 g/mol. The number of phenolic OH excluding ortho intramolecular Hbond substituents is 1. The van der Waals surface area contributed by atoms with Gasteiger partial charge in [0, 0.05) is 23.5 Å². The molecular formula is C23H23FN2O2. The van der Waals surface area contributed by atoms with Crippen molar-refractivity contribution in [1.29, 1.82) is 0 Å². The molecule has 0 radical (unpaired) electrons. The van der Waals surface area contributed by atoms with Gasteiger partial charge in [0.2, 0.25) is 0 Å². The molecule has 0 bridgehead atoms. The summed E-state index contributed by atoms with van der Waals surface area (Å²) >= 11 is 0. The molecule has 1 aromatic heterocycles. The van der Waals surface area contributed by atoms with Crippen molar-refractivity contribution in [3.8, 4) is 28.3 Å². The van der Waals surface area contributed by atoms with Crippen molar-refractivity contribution in [2.24, 2.45) is 0 Å². The lowest BCUT2D eigenvalue weighted by Gasteiger charge is -2.05. The Morgan fingerprint density at radius 2 is 1.68 bits per heavy atom. The fourth-order valence-corrected chi connectivity index (χ4v) is 2.81. The first-order valence-corrected chi connectivity index (χ1v) is 9.29. The van der Waals surface area contributed by atoms with Crippen LogP contribution in [0.1, 0.15) is 31.7 Å². The van der Waals surface area contributed by atoms with Crippen molar-refractivity contribution in [3.63, 3.8) is 0 Å². The van der Waals surface area contributed by atoms with Gasteiger partial charge in [-0.05, 0) is 49.4 Å².